The van der Waals surface area contributed by atoms with Crippen LogP contribution in [0.3, 0.4) is 0 Å². The molecule has 0 atom stereocenters. The standard InChI is InChI=1S/C59H38N4O/c64-59-57-56-45(39-32-34-53-48(36-39)46-26-13-15-29-51(46)61(53)42-20-7-2-8-21-42)28-17-31-55(56)63(44-24-11-4-12-25-44)58(57)50(38-60(59)41-18-5-1-6-19-41)40-33-35-54-49(37-40)47-27-14-16-30-52(47)62(54)43-22-9-3-10-23-43/h1-38H. The van der Waals surface area contributed by atoms with Crippen LogP contribution in [-0.4, -0.2) is 18.3 Å². The van der Waals surface area contributed by atoms with Crippen molar-refractivity contribution in [1.82, 2.24) is 18.3 Å². The molecule has 0 N–H and O–H groups in total. The number of nitrogens with zero attached hydrogens (tertiary/aromatic N) is 4. The first kappa shape index (κ1) is 36.0. The fourth-order valence-corrected chi connectivity index (χ4v) is 10.2. The lowest BCUT2D eigenvalue weighted by Gasteiger charge is -2.15. The minimum Gasteiger partial charge on any atom is -0.309 e. The molecule has 0 bridgehead atoms. The number of aromatic nitrogens is 4. The smallest absolute Gasteiger partial charge is 0.265 e. The molecule has 64 heavy (non-hydrogen) atoms. The highest BCUT2D eigenvalue weighted by Gasteiger charge is 2.25. The summed E-state index contributed by atoms with van der Waals surface area (Å²) >= 11 is 0. The van der Waals surface area contributed by atoms with Crippen molar-refractivity contribution >= 4 is 65.4 Å². The van der Waals surface area contributed by atoms with Gasteiger partial charge in [-0.05, 0) is 108 Å². The zero-order valence-corrected chi connectivity index (χ0v) is 34.6. The molecule has 300 valence electrons. The van der Waals surface area contributed by atoms with Gasteiger partial charge >= 0.3 is 0 Å². The molecular formula is C59H38N4O. The molecule has 5 nitrogen and oxygen atoms in total. The summed E-state index contributed by atoms with van der Waals surface area (Å²) in [6.45, 7) is 0. The van der Waals surface area contributed by atoms with E-state index in [0.717, 1.165) is 94.3 Å². The Kier molecular flexibility index (Phi) is 7.99. The molecule has 9 aromatic carbocycles. The van der Waals surface area contributed by atoms with Crippen LogP contribution in [0, 0.1) is 0 Å². The van der Waals surface area contributed by atoms with Crippen molar-refractivity contribution in [3.8, 4) is 45.0 Å². The Morgan fingerprint density at radius 1 is 0.297 bits per heavy atom. The second-order valence-electron chi connectivity index (χ2n) is 16.5. The van der Waals surface area contributed by atoms with Crippen molar-refractivity contribution in [2.24, 2.45) is 0 Å². The molecule has 0 unspecified atom stereocenters. The molecule has 13 aromatic rings. The molecule has 0 aliphatic carbocycles. The zero-order valence-electron chi connectivity index (χ0n) is 34.6. The number of hydrogen-bond donors (Lipinski definition) is 0. The maximum absolute atomic E-state index is 15.6. The summed E-state index contributed by atoms with van der Waals surface area (Å²) in [6.07, 6.45) is 2.06. The summed E-state index contributed by atoms with van der Waals surface area (Å²) in [4.78, 5) is 15.6. The van der Waals surface area contributed by atoms with Gasteiger partial charge in [0.15, 0.2) is 0 Å². The number of benzene rings is 9. The molecule has 0 aliphatic rings. The Labute approximate surface area is 368 Å². The molecule has 4 heterocycles. The first-order valence-electron chi connectivity index (χ1n) is 21.7. The summed E-state index contributed by atoms with van der Waals surface area (Å²) < 4.78 is 8.83. The van der Waals surface area contributed by atoms with Crippen molar-refractivity contribution in [2.75, 3.05) is 0 Å². The second-order valence-corrected chi connectivity index (χ2v) is 16.5. The first-order valence-corrected chi connectivity index (χ1v) is 21.7. The maximum atomic E-state index is 15.6. The Hall–Kier alpha value is -8.67. The van der Waals surface area contributed by atoms with Gasteiger partial charge in [-0.25, -0.2) is 0 Å². The quantitative estimate of drug-likeness (QED) is 0.165. The van der Waals surface area contributed by atoms with E-state index in [9.17, 15) is 0 Å². The van der Waals surface area contributed by atoms with Crippen LogP contribution in [-0.2, 0) is 0 Å². The van der Waals surface area contributed by atoms with Crippen molar-refractivity contribution in [3.05, 3.63) is 241 Å². The Morgan fingerprint density at radius 3 is 1.25 bits per heavy atom. The number of pyridine rings is 1. The molecule has 13 rings (SSSR count). The van der Waals surface area contributed by atoms with E-state index in [1.165, 1.54) is 10.8 Å². The van der Waals surface area contributed by atoms with Crippen LogP contribution >= 0.6 is 0 Å². The van der Waals surface area contributed by atoms with Gasteiger partial charge in [0.05, 0.1) is 38.5 Å². The molecule has 0 fully saturated rings. The van der Waals surface area contributed by atoms with E-state index in [2.05, 4.69) is 208 Å². The molecular weight excluding hydrogens is 781 g/mol. The SMILES string of the molecule is O=c1c2c3c(-c4ccc5c(c4)c4ccccc4n5-c4ccccc4)cccc3n(-c3ccccc3)c2c(-c2ccc3c(c2)c2ccccc2n3-c2ccccc2)cn1-c1ccccc1. The Balaban J connectivity index is 1.15. The van der Waals surface area contributed by atoms with E-state index in [4.69, 9.17) is 0 Å². The van der Waals surface area contributed by atoms with Crippen molar-refractivity contribution in [1.29, 1.82) is 0 Å². The zero-order chi connectivity index (χ0) is 42.3. The fraction of sp³-hybridized carbons (Fsp3) is 0. The third kappa shape index (κ3) is 5.34. The van der Waals surface area contributed by atoms with Gasteiger partial charge in [0.1, 0.15) is 0 Å². The third-order valence-electron chi connectivity index (χ3n) is 13.0. The fourth-order valence-electron chi connectivity index (χ4n) is 10.2. The summed E-state index contributed by atoms with van der Waals surface area (Å²) in [7, 11) is 0. The predicted octanol–water partition coefficient (Wildman–Crippen LogP) is 14.5. The van der Waals surface area contributed by atoms with Gasteiger partial charge in [-0.15, -0.1) is 0 Å². The topological polar surface area (TPSA) is 36.8 Å². The van der Waals surface area contributed by atoms with Crippen molar-refractivity contribution in [2.45, 2.75) is 0 Å². The number of fused-ring (bicyclic) bond motifs is 9. The molecule has 0 amide bonds. The monoisotopic (exact) mass is 818 g/mol. The summed E-state index contributed by atoms with van der Waals surface area (Å²) in [5.74, 6) is 0. The van der Waals surface area contributed by atoms with Gasteiger partial charge < -0.3 is 13.7 Å². The van der Waals surface area contributed by atoms with Crippen LogP contribution in [0.2, 0.25) is 0 Å². The highest BCUT2D eigenvalue weighted by Crippen LogP contribution is 2.44. The average Bonchev–Trinajstić information content (AvgIpc) is 4.01. The van der Waals surface area contributed by atoms with Gasteiger partial charge in [-0.3, -0.25) is 9.36 Å². The van der Waals surface area contributed by atoms with Crippen LogP contribution < -0.4 is 5.56 Å². The lowest BCUT2D eigenvalue weighted by Crippen LogP contribution is -2.18. The van der Waals surface area contributed by atoms with Gasteiger partial charge in [0, 0.05) is 61.4 Å². The van der Waals surface area contributed by atoms with E-state index < -0.39 is 0 Å². The molecule has 0 aliphatic heterocycles. The lowest BCUT2D eigenvalue weighted by molar-refractivity contribution is 1.01. The molecule has 4 aromatic heterocycles. The predicted molar refractivity (Wildman–Crippen MR) is 266 cm³/mol. The van der Waals surface area contributed by atoms with E-state index in [1.807, 2.05) is 41.0 Å². The average molecular weight is 819 g/mol. The Bertz CT molecular complexity index is 4010. The van der Waals surface area contributed by atoms with E-state index in [0.29, 0.717) is 5.39 Å². The number of para-hydroxylation sites is 6. The van der Waals surface area contributed by atoms with Gasteiger partial charge in [0.2, 0.25) is 0 Å². The van der Waals surface area contributed by atoms with E-state index in [-0.39, 0.29) is 5.56 Å². The van der Waals surface area contributed by atoms with Crippen LogP contribution in [0.5, 0.6) is 0 Å². The van der Waals surface area contributed by atoms with Crippen molar-refractivity contribution < 1.29 is 0 Å². The number of hydrogen-bond acceptors (Lipinski definition) is 1. The summed E-state index contributed by atoms with van der Waals surface area (Å²) in [5, 5.41) is 6.26. The van der Waals surface area contributed by atoms with E-state index >= 15 is 4.79 Å². The summed E-state index contributed by atoms with van der Waals surface area (Å²) in [6, 6.07) is 78.9. The van der Waals surface area contributed by atoms with Crippen molar-refractivity contribution in [3.63, 3.8) is 0 Å². The normalized spacial score (nSPS) is 11.8. The highest BCUT2D eigenvalue weighted by molar-refractivity contribution is 6.20. The molecule has 0 saturated heterocycles. The van der Waals surface area contributed by atoms with Gasteiger partial charge in [-0.2, -0.15) is 0 Å². The largest absolute Gasteiger partial charge is 0.309 e. The van der Waals surface area contributed by atoms with Gasteiger partial charge in [0.25, 0.3) is 5.56 Å². The van der Waals surface area contributed by atoms with Crippen LogP contribution in [0.1, 0.15) is 0 Å². The molecule has 5 heteroatoms. The maximum Gasteiger partial charge on any atom is 0.265 e. The first-order chi connectivity index (χ1) is 31.7. The molecule has 0 spiro atoms. The van der Waals surface area contributed by atoms with Crippen LogP contribution in [0.4, 0.5) is 0 Å². The Morgan fingerprint density at radius 2 is 0.719 bits per heavy atom. The van der Waals surface area contributed by atoms with Crippen LogP contribution in [0.15, 0.2) is 235 Å². The van der Waals surface area contributed by atoms with E-state index in [1.54, 1.807) is 0 Å². The summed E-state index contributed by atoms with van der Waals surface area (Å²) in [5.41, 5.74) is 14.4. The minimum atomic E-state index is -0.0689. The molecule has 0 radical (unpaired) electrons. The lowest BCUT2D eigenvalue weighted by atomic mass is 9.97. The second kappa shape index (κ2) is 14.2. The number of rotatable bonds is 6. The highest BCUT2D eigenvalue weighted by atomic mass is 16.1. The molecule has 0 saturated carbocycles. The van der Waals surface area contributed by atoms with Gasteiger partial charge in [-0.1, -0.05) is 133 Å². The third-order valence-corrected chi connectivity index (χ3v) is 13.0. The minimum absolute atomic E-state index is 0.0689. The van der Waals surface area contributed by atoms with Crippen LogP contribution in [0.25, 0.3) is 110 Å².